The fourth-order valence-electron chi connectivity index (χ4n) is 2.53. The third kappa shape index (κ3) is 3.07. The van der Waals surface area contributed by atoms with Gasteiger partial charge in [-0.25, -0.2) is 0 Å². The van der Waals surface area contributed by atoms with Crippen LogP contribution in [-0.2, 0) is 0 Å². The van der Waals surface area contributed by atoms with Crippen LogP contribution in [0.4, 0.5) is 0 Å². The Morgan fingerprint density at radius 3 is 2.43 bits per heavy atom. The standard InChI is InChI=1S/C18H15Cl2NO2/c1-10(2)14-8-21-17-4-3-12(7-13(14)17)23-18-15(19)5-11(9-22)6-16(18)20/h3-10,21H,1-2H3. The number of carbonyl (C=O) groups is 1. The van der Waals surface area contributed by atoms with Crippen molar-refractivity contribution in [3.8, 4) is 11.5 Å². The molecule has 1 aromatic heterocycles. The molecule has 0 aliphatic rings. The number of rotatable bonds is 4. The highest BCUT2D eigenvalue weighted by Gasteiger charge is 2.13. The van der Waals surface area contributed by atoms with Crippen molar-refractivity contribution < 1.29 is 9.53 Å². The zero-order valence-electron chi connectivity index (χ0n) is 12.7. The van der Waals surface area contributed by atoms with Crippen molar-refractivity contribution in [2.24, 2.45) is 0 Å². The number of benzene rings is 2. The van der Waals surface area contributed by atoms with E-state index in [1.54, 1.807) is 0 Å². The minimum absolute atomic E-state index is 0.304. The zero-order valence-corrected chi connectivity index (χ0v) is 14.2. The minimum Gasteiger partial charge on any atom is -0.454 e. The number of H-pyrrole nitrogens is 1. The fourth-order valence-corrected chi connectivity index (χ4v) is 3.11. The minimum atomic E-state index is 0.304. The summed E-state index contributed by atoms with van der Waals surface area (Å²) in [6.45, 7) is 4.28. The first kappa shape index (κ1) is 15.9. The SMILES string of the molecule is CC(C)c1c[nH]c2ccc(Oc3c(Cl)cc(C=O)cc3Cl)cc12. The number of aromatic nitrogens is 1. The molecule has 3 nitrogen and oxygen atoms in total. The van der Waals surface area contributed by atoms with E-state index in [0.717, 1.165) is 10.9 Å². The third-order valence-electron chi connectivity index (χ3n) is 3.68. The number of nitrogens with one attached hydrogen (secondary N) is 1. The highest BCUT2D eigenvalue weighted by molar-refractivity contribution is 6.37. The van der Waals surface area contributed by atoms with Gasteiger partial charge in [0.15, 0.2) is 5.75 Å². The summed E-state index contributed by atoms with van der Waals surface area (Å²) in [6, 6.07) is 8.83. The molecule has 0 radical (unpaired) electrons. The molecule has 0 bridgehead atoms. The maximum atomic E-state index is 10.8. The molecule has 0 fully saturated rings. The molecule has 118 valence electrons. The second kappa shape index (κ2) is 6.26. The summed E-state index contributed by atoms with van der Waals surface area (Å²) in [7, 11) is 0. The van der Waals surface area contributed by atoms with E-state index in [-0.39, 0.29) is 0 Å². The lowest BCUT2D eigenvalue weighted by Crippen LogP contribution is -1.90. The number of halogens is 2. The number of aldehydes is 1. The van der Waals surface area contributed by atoms with Crippen LogP contribution in [0.5, 0.6) is 11.5 Å². The van der Waals surface area contributed by atoms with E-state index in [1.807, 2.05) is 24.4 Å². The molecule has 0 atom stereocenters. The van der Waals surface area contributed by atoms with Gasteiger partial charge in [-0.3, -0.25) is 4.79 Å². The van der Waals surface area contributed by atoms with Gasteiger partial charge in [0, 0.05) is 22.7 Å². The van der Waals surface area contributed by atoms with Crippen LogP contribution in [0.3, 0.4) is 0 Å². The largest absolute Gasteiger partial charge is 0.454 e. The van der Waals surface area contributed by atoms with Crippen molar-refractivity contribution in [1.82, 2.24) is 4.98 Å². The second-order valence-electron chi connectivity index (χ2n) is 5.64. The van der Waals surface area contributed by atoms with E-state index in [2.05, 4.69) is 18.8 Å². The number of aromatic amines is 1. The van der Waals surface area contributed by atoms with Gasteiger partial charge in [-0.15, -0.1) is 0 Å². The molecule has 0 unspecified atom stereocenters. The van der Waals surface area contributed by atoms with Crippen LogP contribution in [-0.4, -0.2) is 11.3 Å². The van der Waals surface area contributed by atoms with Gasteiger partial charge in [-0.2, -0.15) is 0 Å². The van der Waals surface area contributed by atoms with Crippen LogP contribution in [0.15, 0.2) is 36.5 Å². The zero-order chi connectivity index (χ0) is 16.6. The molecule has 23 heavy (non-hydrogen) atoms. The van der Waals surface area contributed by atoms with Crippen molar-refractivity contribution in [3.05, 3.63) is 57.7 Å². The molecule has 0 saturated heterocycles. The Bertz CT molecular complexity index is 861. The Kier molecular flexibility index (Phi) is 4.33. The Morgan fingerprint density at radius 2 is 1.83 bits per heavy atom. The predicted octanol–water partition coefficient (Wildman–Crippen LogP) is 6.20. The molecule has 1 heterocycles. The molecule has 0 amide bonds. The Hall–Kier alpha value is -1.97. The number of ether oxygens (including phenoxy) is 1. The van der Waals surface area contributed by atoms with Gasteiger partial charge in [-0.05, 0) is 41.8 Å². The van der Waals surface area contributed by atoms with Crippen LogP contribution < -0.4 is 4.74 Å². The van der Waals surface area contributed by atoms with Gasteiger partial charge in [0.25, 0.3) is 0 Å². The normalized spacial score (nSPS) is 11.2. The first-order valence-corrected chi connectivity index (χ1v) is 7.98. The van der Waals surface area contributed by atoms with Crippen LogP contribution in [0.1, 0.15) is 35.7 Å². The molecule has 0 saturated carbocycles. The predicted molar refractivity (Wildman–Crippen MR) is 94.3 cm³/mol. The first-order chi connectivity index (χ1) is 11.0. The molecule has 0 aliphatic carbocycles. The fraction of sp³-hybridized carbons (Fsp3) is 0.167. The summed E-state index contributed by atoms with van der Waals surface area (Å²) in [5, 5.41) is 1.71. The Labute approximate surface area is 144 Å². The molecule has 0 aliphatic heterocycles. The van der Waals surface area contributed by atoms with Gasteiger partial charge >= 0.3 is 0 Å². The van der Waals surface area contributed by atoms with Crippen molar-refractivity contribution in [3.63, 3.8) is 0 Å². The second-order valence-corrected chi connectivity index (χ2v) is 6.45. The maximum Gasteiger partial charge on any atom is 0.164 e. The highest BCUT2D eigenvalue weighted by Crippen LogP contribution is 2.38. The molecular formula is C18H15Cl2NO2. The lowest BCUT2D eigenvalue weighted by atomic mass is 10.0. The van der Waals surface area contributed by atoms with Gasteiger partial charge in [0.1, 0.15) is 12.0 Å². The van der Waals surface area contributed by atoms with Crippen LogP contribution in [0, 0.1) is 0 Å². The third-order valence-corrected chi connectivity index (χ3v) is 4.25. The number of carbonyl (C=O) groups excluding carboxylic acids is 1. The van der Waals surface area contributed by atoms with Gasteiger partial charge in [-0.1, -0.05) is 37.0 Å². The molecule has 3 rings (SSSR count). The monoisotopic (exact) mass is 347 g/mol. The van der Waals surface area contributed by atoms with Crippen LogP contribution in [0.25, 0.3) is 10.9 Å². The van der Waals surface area contributed by atoms with Crippen molar-refractivity contribution in [2.75, 3.05) is 0 Å². The van der Waals surface area contributed by atoms with Crippen molar-refractivity contribution >= 4 is 40.4 Å². The molecular weight excluding hydrogens is 333 g/mol. The Morgan fingerprint density at radius 1 is 1.13 bits per heavy atom. The molecule has 5 heteroatoms. The van der Waals surface area contributed by atoms with Gasteiger partial charge < -0.3 is 9.72 Å². The summed E-state index contributed by atoms with van der Waals surface area (Å²) in [5.41, 5.74) is 2.68. The van der Waals surface area contributed by atoms with E-state index >= 15 is 0 Å². The van der Waals surface area contributed by atoms with Crippen molar-refractivity contribution in [1.29, 1.82) is 0 Å². The van der Waals surface area contributed by atoms with E-state index in [4.69, 9.17) is 27.9 Å². The molecule has 2 aromatic carbocycles. The lowest BCUT2D eigenvalue weighted by molar-refractivity contribution is 0.112. The molecule has 0 spiro atoms. The number of hydrogen-bond acceptors (Lipinski definition) is 2. The summed E-state index contributed by atoms with van der Waals surface area (Å²) in [6.07, 6.45) is 2.71. The number of hydrogen-bond donors (Lipinski definition) is 1. The maximum absolute atomic E-state index is 10.8. The highest BCUT2D eigenvalue weighted by atomic mass is 35.5. The average molecular weight is 348 g/mol. The van der Waals surface area contributed by atoms with Crippen LogP contribution in [0.2, 0.25) is 10.0 Å². The van der Waals surface area contributed by atoms with E-state index in [1.165, 1.54) is 17.7 Å². The topological polar surface area (TPSA) is 42.1 Å². The molecule has 1 N–H and O–H groups in total. The van der Waals surface area contributed by atoms with Gasteiger partial charge in [0.05, 0.1) is 10.0 Å². The summed E-state index contributed by atoms with van der Waals surface area (Å²) in [5.74, 6) is 1.39. The lowest BCUT2D eigenvalue weighted by Gasteiger charge is -2.11. The first-order valence-electron chi connectivity index (χ1n) is 7.22. The Balaban J connectivity index is 2.02. The summed E-state index contributed by atoms with van der Waals surface area (Å²) >= 11 is 12.3. The summed E-state index contributed by atoms with van der Waals surface area (Å²) < 4.78 is 5.86. The summed E-state index contributed by atoms with van der Waals surface area (Å²) in [4.78, 5) is 14.1. The van der Waals surface area contributed by atoms with E-state index in [9.17, 15) is 4.79 Å². The van der Waals surface area contributed by atoms with Gasteiger partial charge in [0.2, 0.25) is 0 Å². The van der Waals surface area contributed by atoms with E-state index < -0.39 is 0 Å². The van der Waals surface area contributed by atoms with Crippen LogP contribution >= 0.6 is 23.2 Å². The smallest absolute Gasteiger partial charge is 0.164 e. The molecule has 3 aromatic rings. The quantitative estimate of drug-likeness (QED) is 0.570. The van der Waals surface area contributed by atoms with Crippen molar-refractivity contribution in [2.45, 2.75) is 19.8 Å². The van der Waals surface area contributed by atoms with E-state index in [0.29, 0.717) is 39.3 Å². The number of fused-ring (bicyclic) bond motifs is 1. The average Bonchev–Trinajstić information content (AvgIpc) is 2.94.